The highest BCUT2D eigenvalue weighted by Crippen LogP contribution is 2.27. The zero-order valence-electron chi connectivity index (χ0n) is 13.7. The maximum atomic E-state index is 5.87. The van der Waals surface area contributed by atoms with Gasteiger partial charge in [-0.3, -0.25) is 0 Å². The molecule has 0 saturated heterocycles. The van der Waals surface area contributed by atoms with Crippen LogP contribution in [-0.2, 0) is 6.61 Å². The smallest absolute Gasteiger partial charge is 0.236 e. The fourth-order valence-electron chi connectivity index (χ4n) is 2.36. The quantitative estimate of drug-likeness (QED) is 0.520. The SMILES string of the molecule is Cc1nc(-c2cccc(OCc3nc(-c4cccs4)oc3C)c2)no1. The summed E-state index contributed by atoms with van der Waals surface area (Å²) in [6.45, 7) is 3.98. The second-order valence-electron chi connectivity index (χ2n) is 5.45. The predicted molar refractivity (Wildman–Crippen MR) is 93.4 cm³/mol. The monoisotopic (exact) mass is 353 g/mol. The summed E-state index contributed by atoms with van der Waals surface area (Å²) < 4.78 is 16.6. The highest BCUT2D eigenvalue weighted by Gasteiger charge is 2.13. The van der Waals surface area contributed by atoms with E-state index in [9.17, 15) is 0 Å². The lowest BCUT2D eigenvalue weighted by Crippen LogP contribution is -1.97. The third kappa shape index (κ3) is 3.32. The van der Waals surface area contributed by atoms with E-state index in [4.69, 9.17) is 13.7 Å². The molecule has 0 fully saturated rings. The molecule has 0 unspecified atom stereocenters. The Bertz CT molecular complexity index is 989. The van der Waals surface area contributed by atoms with Crippen molar-refractivity contribution in [3.63, 3.8) is 0 Å². The summed E-state index contributed by atoms with van der Waals surface area (Å²) in [5.41, 5.74) is 1.62. The van der Waals surface area contributed by atoms with Gasteiger partial charge in [0.05, 0.1) is 4.88 Å². The molecule has 0 amide bonds. The highest BCUT2D eigenvalue weighted by atomic mass is 32.1. The fourth-order valence-corrected chi connectivity index (χ4v) is 3.01. The van der Waals surface area contributed by atoms with Crippen LogP contribution in [0.25, 0.3) is 22.2 Å². The molecule has 7 heteroatoms. The van der Waals surface area contributed by atoms with E-state index in [2.05, 4.69) is 15.1 Å². The van der Waals surface area contributed by atoms with Crippen LogP contribution in [0.2, 0.25) is 0 Å². The molecule has 4 rings (SSSR count). The van der Waals surface area contributed by atoms with Crippen LogP contribution in [-0.4, -0.2) is 15.1 Å². The van der Waals surface area contributed by atoms with Crippen molar-refractivity contribution in [1.82, 2.24) is 15.1 Å². The van der Waals surface area contributed by atoms with Gasteiger partial charge in [0, 0.05) is 12.5 Å². The van der Waals surface area contributed by atoms with Crippen molar-refractivity contribution in [2.75, 3.05) is 0 Å². The Balaban J connectivity index is 1.50. The molecule has 25 heavy (non-hydrogen) atoms. The van der Waals surface area contributed by atoms with Gasteiger partial charge in [0.1, 0.15) is 23.8 Å². The van der Waals surface area contributed by atoms with Crippen molar-refractivity contribution < 1.29 is 13.7 Å². The van der Waals surface area contributed by atoms with Gasteiger partial charge in [0.2, 0.25) is 17.6 Å². The number of ether oxygens (including phenoxy) is 1. The number of rotatable bonds is 5. The van der Waals surface area contributed by atoms with E-state index in [0.717, 1.165) is 21.9 Å². The van der Waals surface area contributed by atoms with Gasteiger partial charge in [0.25, 0.3) is 0 Å². The van der Waals surface area contributed by atoms with Gasteiger partial charge >= 0.3 is 0 Å². The Hall–Kier alpha value is -2.93. The molecule has 1 aromatic carbocycles. The van der Waals surface area contributed by atoms with E-state index in [-0.39, 0.29) is 0 Å². The van der Waals surface area contributed by atoms with Gasteiger partial charge in [-0.2, -0.15) is 4.98 Å². The second-order valence-corrected chi connectivity index (χ2v) is 6.40. The third-order valence-electron chi connectivity index (χ3n) is 3.62. The van der Waals surface area contributed by atoms with Crippen LogP contribution in [0.5, 0.6) is 5.75 Å². The molecule has 0 saturated carbocycles. The summed E-state index contributed by atoms with van der Waals surface area (Å²) in [7, 11) is 0. The average molecular weight is 353 g/mol. The predicted octanol–water partition coefficient (Wildman–Crippen LogP) is 4.65. The lowest BCUT2D eigenvalue weighted by Gasteiger charge is -2.05. The number of nitrogens with zero attached hydrogens (tertiary/aromatic N) is 3. The number of thiophene rings is 1. The normalized spacial score (nSPS) is 11.0. The summed E-state index contributed by atoms with van der Waals surface area (Å²) >= 11 is 1.59. The first-order chi connectivity index (χ1) is 12.2. The minimum Gasteiger partial charge on any atom is -0.487 e. The van der Waals surface area contributed by atoms with Gasteiger partial charge in [0.15, 0.2) is 0 Å². The standard InChI is InChI=1S/C18H15N3O3S/c1-11-15(20-18(23-11)16-7-4-8-25-16)10-22-14-6-3-5-13(9-14)17-19-12(2)24-21-17/h3-9H,10H2,1-2H3. The number of hydrogen-bond acceptors (Lipinski definition) is 7. The molecule has 0 radical (unpaired) electrons. The van der Waals surface area contributed by atoms with Gasteiger partial charge in [-0.05, 0) is 30.5 Å². The molecule has 0 N–H and O–H groups in total. The zero-order valence-corrected chi connectivity index (χ0v) is 14.5. The molecular formula is C18H15N3O3S. The Labute approximate surface area is 148 Å². The second kappa shape index (κ2) is 6.52. The van der Waals surface area contributed by atoms with Crippen LogP contribution in [0.1, 0.15) is 17.3 Å². The molecule has 126 valence electrons. The molecule has 0 aliphatic heterocycles. The molecule has 3 heterocycles. The minimum absolute atomic E-state index is 0.329. The minimum atomic E-state index is 0.329. The number of benzene rings is 1. The molecule has 0 atom stereocenters. The molecule has 3 aromatic heterocycles. The largest absolute Gasteiger partial charge is 0.487 e. The van der Waals surface area contributed by atoms with E-state index < -0.39 is 0 Å². The first-order valence-electron chi connectivity index (χ1n) is 7.73. The number of aromatic nitrogens is 3. The van der Waals surface area contributed by atoms with E-state index in [1.165, 1.54) is 0 Å². The van der Waals surface area contributed by atoms with E-state index in [0.29, 0.717) is 30.0 Å². The average Bonchev–Trinajstić information content (AvgIpc) is 3.34. The highest BCUT2D eigenvalue weighted by molar-refractivity contribution is 7.13. The van der Waals surface area contributed by atoms with Crippen molar-refractivity contribution in [2.45, 2.75) is 20.5 Å². The summed E-state index contributed by atoms with van der Waals surface area (Å²) in [5.74, 6) is 3.16. The maximum absolute atomic E-state index is 5.87. The Morgan fingerprint density at radius 2 is 2.04 bits per heavy atom. The number of oxazole rings is 1. The van der Waals surface area contributed by atoms with E-state index in [1.807, 2.05) is 48.7 Å². The summed E-state index contributed by atoms with van der Waals surface area (Å²) in [5, 5.41) is 5.92. The molecule has 0 aliphatic rings. The summed E-state index contributed by atoms with van der Waals surface area (Å²) in [4.78, 5) is 9.76. The van der Waals surface area contributed by atoms with Crippen LogP contribution < -0.4 is 4.74 Å². The fraction of sp³-hybridized carbons (Fsp3) is 0.167. The molecular weight excluding hydrogens is 338 g/mol. The summed E-state index contributed by atoms with van der Waals surface area (Å²) in [6, 6.07) is 11.5. The zero-order chi connectivity index (χ0) is 17.2. The van der Waals surface area contributed by atoms with Crippen molar-refractivity contribution in [3.8, 4) is 27.9 Å². The van der Waals surface area contributed by atoms with Gasteiger partial charge < -0.3 is 13.7 Å². The first kappa shape index (κ1) is 15.6. The van der Waals surface area contributed by atoms with Crippen molar-refractivity contribution >= 4 is 11.3 Å². The Kier molecular flexibility index (Phi) is 4.07. The lowest BCUT2D eigenvalue weighted by atomic mass is 10.2. The molecule has 0 spiro atoms. The molecule has 6 nitrogen and oxygen atoms in total. The van der Waals surface area contributed by atoms with Crippen LogP contribution in [0.15, 0.2) is 50.7 Å². The molecule has 0 aliphatic carbocycles. The van der Waals surface area contributed by atoms with Gasteiger partial charge in [-0.15, -0.1) is 11.3 Å². The van der Waals surface area contributed by atoms with Crippen molar-refractivity contribution in [3.05, 3.63) is 59.1 Å². The summed E-state index contributed by atoms with van der Waals surface area (Å²) in [6.07, 6.45) is 0. The first-order valence-corrected chi connectivity index (χ1v) is 8.61. The van der Waals surface area contributed by atoms with Crippen LogP contribution >= 0.6 is 11.3 Å². The van der Waals surface area contributed by atoms with E-state index in [1.54, 1.807) is 18.3 Å². The molecule has 0 bridgehead atoms. The lowest BCUT2D eigenvalue weighted by molar-refractivity contribution is 0.299. The Morgan fingerprint density at radius 3 is 2.80 bits per heavy atom. The maximum Gasteiger partial charge on any atom is 0.236 e. The van der Waals surface area contributed by atoms with Crippen LogP contribution in [0.3, 0.4) is 0 Å². The van der Waals surface area contributed by atoms with Gasteiger partial charge in [-0.1, -0.05) is 23.4 Å². The third-order valence-corrected chi connectivity index (χ3v) is 4.48. The Morgan fingerprint density at radius 1 is 1.12 bits per heavy atom. The molecule has 4 aromatic rings. The number of aryl methyl sites for hydroxylation is 2. The number of hydrogen-bond donors (Lipinski definition) is 0. The van der Waals surface area contributed by atoms with E-state index >= 15 is 0 Å². The van der Waals surface area contributed by atoms with Crippen LogP contribution in [0.4, 0.5) is 0 Å². The van der Waals surface area contributed by atoms with Gasteiger partial charge in [-0.25, -0.2) is 4.98 Å². The topological polar surface area (TPSA) is 74.2 Å². The van der Waals surface area contributed by atoms with Crippen molar-refractivity contribution in [1.29, 1.82) is 0 Å². The van der Waals surface area contributed by atoms with Crippen LogP contribution in [0, 0.1) is 13.8 Å². The van der Waals surface area contributed by atoms with Crippen molar-refractivity contribution in [2.24, 2.45) is 0 Å².